The van der Waals surface area contributed by atoms with Crippen molar-refractivity contribution >= 4 is 21.8 Å². The zero-order chi connectivity index (χ0) is 15.9. The standard InChI is InChI=1S/C17H17BrFNO2/c1-22-16-8-6-12(10-14(16)18)7-9-17(21)20-11-13-4-2-3-5-15(13)19/h2-6,8,10H,7,9,11H2,1H3,(H,20,21). The SMILES string of the molecule is COc1ccc(CCC(=O)NCc2ccccc2F)cc1Br. The highest BCUT2D eigenvalue weighted by Crippen LogP contribution is 2.25. The van der Waals surface area contributed by atoms with Crippen LogP contribution in [-0.2, 0) is 17.8 Å². The van der Waals surface area contributed by atoms with Gasteiger partial charge in [-0.05, 0) is 46.1 Å². The van der Waals surface area contributed by atoms with Gasteiger partial charge in [0.1, 0.15) is 11.6 Å². The van der Waals surface area contributed by atoms with Gasteiger partial charge in [-0.2, -0.15) is 0 Å². The molecule has 3 nitrogen and oxygen atoms in total. The van der Waals surface area contributed by atoms with E-state index in [-0.39, 0.29) is 18.3 Å². The van der Waals surface area contributed by atoms with Gasteiger partial charge in [-0.25, -0.2) is 4.39 Å². The molecule has 5 heteroatoms. The molecule has 0 aliphatic carbocycles. The molecule has 116 valence electrons. The summed E-state index contributed by atoms with van der Waals surface area (Å²) in [5, 5.41) is 2.73. The number of hydrogen-bond donors (Lipinski definition) is 1. The fraction of sp³-hybridized carbons (Fsp3) is 0.235. The van der Waals surface area contributed by atoms with Crippen LogP contribution in [0.2, 0.25) is 0 Å². The van der Waals surface area contributed by atoms with Gasteiger partial charge >= 0.3 is 0 Å². The Morgan fingerprint density at radius 2 is 2.05 bits per heavy atom. The van der Waals surface area contributed by atoms with Gasteiger partial charge < -0.3 is 10.1 Å². The second-order valence-electron chi connectivity index (χ2n) is 4.84. The maximum absolute atomic E-state index is 13.4. The normalized spacial score (nSPS) is 10.3. The fourth-order valence-corrected chi connectivity index (χ4v) is 2.64. The molecule has 22 heavy (non-hydrogen) atoms. The summed E-state index contributed by atoms with van der Waals surface area (Å²) in [6.45, 7) is 0.206. The lowest BCUT2D eigenvalue weighted by molar-refractivity contribution is -0.121. The van der Waals surface area contributed by atoms with Crippen LogP contribution in [0.4, 0.5) is 4.39 Å². The summed E-state index contributed by atoms with van der Waals surface area (Å²) in [6, 6.07) is 12.1. The number of carbonyl (C=O) groups is 1. The molecule has 0 aliphatic rings. The van der Waals surface area contributed by atoms with E-state index >= 15 is 0 Å². The molecule has 0 fully saturated rings. The molecule has 2 aromatic carbocycles. The first-order valence-corrected chi connectivity index (χ1v) is 7.72. The average molecular weight is 366 g/mol. The molecule has 0 atom stereocenters. The molecular weight excluding hydrogens is 349 g/mol. The highest BCUT2D eigenvalue weighted by molar-refractivity contribution is 9.10. The predicted molar refractivity (Wildman–Crippen MR) is 87.3 cm³/mol. The molecule has 0 unspecified atom stereocenters. The van der Waals surface area contributed by atoms with Gasteiger partial charge in [0, 0.05) is 18.5 Å². The van der Waals surface area contributed by atoms with E-state index in [4.69, 9.17) is 4.74 Å². The Morgan fingerprint density at radius 3 is 2.73 bits per heavy atom. The Hall–Kier alpha value is -1.88. The van der Waals surface area contributed by atoms with E-state index in [2.05, 4.69) is 21.2 Å². The Balaban J connectivity index is 1.83. The maximum atomic E-state index is 13.4. The van der Waals surface area contributed by atoms with Crippen LogP contribution in [0.15, 0.2) is 46.9 Å². The van der Waals surface area contributed by atoms with Crippen molar-refractivity contribution in [2.75, 3.05) is 7.11 Å². The minimum absolute atomic E-state index is 0.102. The Kier molecular flexibility index (Phi) is 5.95. The molecule has 0 saturated heterocycles. The van der Waals surface area contributed by atoms with Crippen LogP contribution in [0.5, 0.6) is 5.75 Å². The van der Waals surface area contributed by atoms with Crippen molar-refractivity contribution in [1.82, 2.24) is 5.32 Å². The lowest BCUT2D eigenvalue weighted by Crippen LogP contribution is -2.23. The van der Waals surface area contributed by atoms with Gasteiger partial charge in [0.25, 0.3) is 0 Å². The van der Waals surface area contributed by atoms with Crippen LogP contribution in [-0.4, -0.2) is 13.0 Å². The minimum Gasteiger partial charge on any atom is -0.496 e. The summed E-state index contributed by atoms with van der Waals surface area (Å²) in [5.41, 5.74) is 1.52. The van der Waals surface area contributed by atoms with E-state index in [1.54, 1.807) is 25.3 Å². The number of methoxy groups -OCH3 is 1. The van der Waals surface area contributed by atoms with Crippen molar-refractivity contribution < 1.29 is 13.9 Å². The number of rotatable bonds is 6. The minimum atomic E-state index is -0.304. The molecule has 0 saturated carbocycles. The van der Waals surface area contributed by atoms with E-state index in [9.17, 15) is 9.18 Å². The van der Waals surface area contributed by atoms with Crippen molar-refractivity contribution in [3.8, 4) is 5.75 Å². The quantitative estimate of drug-likeness (QED) is 0.844. The molecule has 1 amide bonds. The summed E-state index contributed by atoms with van der Waals surface area (Å²) < 4.78 is 19.5. The number of carbonyl (C=O) groups excluding carboxylic acids is 1. The summed E-state index contributed by atoms with van der Waals surface area (Å²) >= 11 is 3.42. The number of benzene rings is 2. The van der Waals surface area contributed by atoms with E-state index < -0.39 is 0 Å². The third-order valence-corrected chi connectivity index (χ3v) is 3.91. The third-order valence-electron chi connectivity index (χ3n) is 3.29. The highest BCUT2D eigenvalue weighted by Gasteiger charge is 2.06. The van der Waals surface area contributed by atoms with Crippen molar-refractivity contribution in [3.63, 3.8) is 0 Å². The molecule has 0 bridgehead atoms. The van der Waals surface area contributed by atoms with Gasteiger partial charge in [0.05, 0.1) is 11.6 Å². The van der Waals surface area contributed by atoms with Crippen molar-refractivity contribution in [3.05, 3.63) is 63.9 Å². The summed E-state index contributed by atoms with van der Waals surface area (Å²) in [5.74, 6) is 0.352. The predicted octanol–water partition coefficient (Wildman–Crippen LogP) is 3.85. The molecule has 0 radical (unpaired) electrons. The van der Waals surface area contributed by atoms with Crippen molar-refractivity contribution in [2.24, 2.45) is 0 Å². The molecule has 1 N–H and O–H groups in total. The van der Waals surface area contributed by atoms with Gasteiger partial charge in [-0.3, -0.25) is 4.79 Å². The van der Waals surface area contributed by atoms with Crippen molar-refractivity contribution in [1.29, 1.82) is 0 Å². The second kappa shape index (κ2) is 7.94. The Morgan fingerprint density at radius 1 is 1.27 bits per heavy atom. The number of aryl methyl sites for hydroxylation is 1. The van der Waals surface area contributed by atoms with Gasteiger partial charge in [0.2, 0.25) is 5.91 Å². The average Bonchev–Trinajstić information content (AvgIpc) is 2.52. The van der Waals surface area contributed by atoms with Crippen LogP contribution in [0, 0.1) is 5.82 Å². The van der Waals surface area contributed by atoms with E-state index in [0.717, 1.165) is 15.8 Å². The van der Waals surface area contributed by atoms with E-state index in [1.807, 2.05) is 18.2 Å². The van der Waals surface area contributed by atoms with Gasteiger partial charge in [-0.15, -0.1) is 0 Å². The van der Waals surface area contributed by atoms with Crippen LogP contribution >= 0.6 is 15.9 Å². The first-order chi connectivity index (χ1) is 10.6. The van der Waals surface area contributed by atoms with Gasteiger partial charge in [0.15, 0.2) is 0 Å². The Labute approximate surface area is 137 Å². The van der Waals surface area contributed by atoms with Crippen LogP contribution in [0.3, 0.4) is 0 Å². The molecule has 0 aliphatic heterocycles. The molecule has 2 aromatic rings. The monoisotopic (exact) mass is 365 g/mol. The number of hydrogen-bond acceptors (Lipinski definition) is 2. The number of halogens is 2. The van der Waals surface area contributed by atoms with Crippen LogP contribution in [0.1, 0.15) is 17.5 Å². The highest BCUT2D eigenvalue weighted by atomic mass is 79.9. The number of ether oxygens (including phenoxy) is 1. The molecule has 0 heterocycles. The first-order valence-electron chi connectivity index (χ1n) is 6.92. The summed E-state index contributed by atoms with van der Waals surface area (Å²) in [4.78, 5) is 11.8. The zero-order valence-corrected chi connectivity index (χ0v) is 13.8. The molecular formula is C17H17BrFNO2. The molecule has 2 rings (SSSR count). The Bertz CT molecular complexity index is 661. The van der Waals surface area contributed by atoms with Crippen LogP contribution < -0.4 is 10.1 Å². The number of amides is 1. The largest absolute Gasteiger partial charge is 0.496 e. The molecule has 0 spiro atoms. The zero-order valence-electron chi connectivity index (χ0n) is 12.2. The lowest BCUT2D eigenvalue weighted by atomic mass is 10.1. The number of nitrogens with one attached hydrogen (secondary N) is 1. The van der Waals surface area contributed by atoms with E-state index in [1.165, 1.54) is 6.07 Å². The summed E-state index contributed by atoms with van der Waals surface area (Å²) in [6.07, 6.45) is 0.971. The second-order valence-corrected chi connectivity index (χ2v) is 5.69. The maximum Gasteiger partial charge on any atom is 0.220 e. The first kappa shape index (κ1) is 16.5. The van der Waals surface area contributed by atoms with E-state index in [0.29, 0.717) is 18.4 Å². The smallest absolute Gasteiger partial charge is 0.220 e. The van der Waals surface area contributed by atoms with Crippen molar-refractivity contribution in [2.45, 2.75) is 19.4 Å². The summed E-state index contributed by atoms with van der Waals surface area (Å²) in [7, 11) is 1.61. The topological polar surface area (TPSA) is 38.3 Å². The lowest BCUT2D eigenvalue weighted by Gasteiger charge is -2.08. The van der Waals surface area contributed by atoms with Crippen LogP contribution in [0.25, 0.3) is 0 Å². The third kappa shape index (κ3) is 4.56. The fourth-order valence-electron chi connectivity index (χ4n) is 2.05. The van der Waals surface area contributed by atoms with Gasteiger partial charge in [-0.1, -0.05) is 24.3 Å². The molecule has 0 aromatic heterocycles.